The Balaban J connectivity index is 4.26. The Hall–Kier alpha value is -1.19. The fourth-order valence-corrected chi connectivity index (χ4v) is 0.744. The van der Waals surface area contributed by atoms with Crippen LogP contribution in [0.25, 0.3) is 0 Å². The molecule has 0 aliphatic carbocycles. The Bertz CT molecular complexity index is 174. The van der Waals surface area contributed by atoms with Gasteiger partial charge < -0.3 is 14.6 Å². The lowest BCUT2D eigenvalue weighted by Gasteiger charge is -2.07. The molecule has 0 radical (unpaired) electrons. The maximum absolute atomic E-state index is 11.0. The van der Waals surface area contributed by atoms with Crippen LogP contribution in [-0.4, -0.2) is 25.3 Å². The molecule has 70 valence electrons. The quantitative estimate of drug-likeness (QED) is 0.514. The number of hydrogen-bond acceptors (Lipinski definition) is 4. The first-order valence-electron chi connectivity index (χ1n) is 3.68. The van der Waals surface area contributed by atoms with Gasteiger partial charge in [-0.2, -0.15) is 0 Å². The van der Waals surface area contributed by atoms with Crippen LogP contribution in [0.1, 0.15) is 13.3 Å². The fourth-order valence-electron chi connectivity index (χ4n) is 0.744. The average molecular weight is 174 g/mol. The van der Waals surface area contributed by atoms with Crippen molar-refractivity contribution >= 4 is 5.97 Å². The van der Waals surface area contributed by atoms with Crippen molar-refractivity contribution in [1.29, 1.82) is 0 Å². The van der Waals surface area contributed by atoms with E-state index in [1.807, 2.05) is 6.92 Å². The predicted octanol–water partition coefficient (Wildman–Crippen LogP) is 1.23. The molecule has 0 spiro atoms. The molecule has 4 heteroatoms. The summed E-state index contributed by atoms with van der Waals surface area (Å²) in [6.45, 7) is 1.82. The summed E-state index contributed by atoms with van der Waals surface area (Å²) in [5.74, 6) is -1.07. The lowest BCUT2D eigenvalue weighted by Crippen LogP contribution is -2.13. The summed E-state index contributed by atoms with van der Waals surface area (Å²) in [5, 5.41) is 8.93. The molecule has 0 aromatic carbocycles. The van der Waals surface area contributed by atoms with Crippen LogP contribution in [0.5, 0.6) is 0 Å². The molecule has 0 rings (SSSR count). The second-order valence-corrected chi connectivity index (χ2v) is 2.25. The van der Waals surface area contributed by atoms with E-state index in [9.17, 15) is 4.79 Å². The molecule has 0 aliphatic heterocycles. The lowest BCUT2D eigenvalue weighted by molar-refractivity contribution is -0.144. The van der Waals surface area contributed by atoms with Crippen LogP contribution in [0.15, 0.2) is 12.0 Å². The Morgan fingerprint density at radius 2 is 2.08 bits per heavy atom. The van der Waals surface area contributed by atoms with Gasteiger partial charge in [0.25, 0.3) is 5.95 Å². The number of carbonyl (C=O) groups excluding carboxylic acids is 1. The van der Waals surface area contributed by atoms with Crippen LogP contribution < -0.4 is 0 Å². The molecule has 0 aromatic rings. The molecule has 0 bridgehead atoms. The van der Waals surface area contributed by atoms with Gasteiger partial charge in [-0.25, -0.2) is 0 Å². The van der Waals surface area contributed by atoms with Crippen molar-refractivity contribution in [1.82, 2.24) is 0 Å². The maximum atomic E-state index is 11.0. The van der Waals surface area contributed by atoms with E-state index in [1.165, 1.54) is 20.3 Å². The highest BCUT2D eigenvalue weighted by Gasteiger charge is 2.15. The molecule has 0 unspecified atom stereocenters. The van der Waals surface area contributed by atoms with Crippen molar-refractivity contribution in [3.05, 3.63) is 12.0 Å². The molecule has 4 nitrogen and oxygen atoms in total. The Morgan fingerprint density at radius 3 is 2.42 bits per heavy atom. The monoisotopic (exact) mass is 174 g/mol. The van der Waals surface area contributed by atoms with Crippen molar-refractivity contribution in [2.24, 2.45) is 5.92 Å². The zero-order valence-electron chi connectivity index (χ0n) is 7.53. The van der Waals surface area contributed by atoms with E-state index >= 15 is 0 Å². The third-order valence-electron chi connectivity index (χ3n) is 1.50. The Morgan fingerprint density at radius 1 is 1.50 bits per heavy atom. The topological polar surface area (TPSA) is 55.8 Å². The van der Waals surface area contributed by atoms with E-state index in [4.69, 9.17) is 5.11 Å². The van der Waals surface area contributed by atoms with E-state index in [0.717, 1.165) is 0 Å². The van der Waals surface area contributed by atoms with Crippen LogP contribution in [0.3, 0.4) is 0 Å². The smallest absolute Gasteiger partial charge is 0.312 e. The van der Waals surface area contributed by atoms with Crippen molar-refractivity contribution < 1.29 is 19.4 Å². The van der Waals surface area contributed by atoms with Crippen LogP contribution in [0, 0.1) is 5.92 Å². The maximum Gasteiger partial charge on any atom is 0.312 e. The first kappa shape index (κ1) is 10.8. The lowest BCUT2D eigenvalue weighted by atomic mass is 10.1. The molecule has 12 heavy (non-hydrogen) atoms. The highest BCUT2D eigenvalue weighted by Crippen LogP contribution is 2.08. The van der Waals surface area contributed by atoms with E-state index in [1.54, 1.807) is 0 Å². The van der Waals surface area contributed by atoms with Gasteiger partial charge in [-0.3, -0.25) is 4.79 Å². The second-order valence-electron chi connectivity index (χ2n) is 2.25. The summed E-state index contributed by atoms with van der Waals surface area (Å²) < 4.78 is 8.98. The molecule has 1 atom stereocenters. The first-order valence-corrected chi connectivity index (χ1v) is 3.68. The predicted molar refractivity (Wildman–Crippen MR) is 43.5 cm³/mol. The van der Waals surface area contributed by atoms with Crippen LogP contribution in [0.2, 0.25) is 0 Å². The third-order valence-corrected chi connectivity index (χ3v) is 1.50. The van der Waals surface area contributed by atoms with Crippen LogP contribution in [0.4, 0.5) is 0 Å². The number of methoxy groups -OCH3 is 2. The minimum absolute atomic E-state index is 0.257. The molecule has 0 heterocycles. The van der Waals surface area contributed by atoms with Crippen molar-refractivity contribution in [3.63, 3.8) is 0 Å². The average Bonchev–Trinajstić information content (AvgIpc) is 2.12. The minimum atomic E-state index is -0.435. The number of carbonyl (C=O) groups is 1. The van der Waals surface area contributed by atoms with Gasteiger partial charge in [0.15, 0.2) is 0 Å². The van der Waals surface area contributed by atoms with Gasteiger partial charge >= 0.3 is 5.97 Å². The summed E-state index contributed by atoms with van der Waals surface area (Å²) in [6.07, 6.45) is 1.89. The summed E-state index contributed by atoms with van der Waals surface area (Å²) >= 11 is 0. The Labute approximate surface area is 71.8 Å². The zero-order chi connectivity index (χ0) is 9.56. The molecule has 0 saturated heterocycles. The third kappa shape index (κ3) is 3.27. The van der Waals surface area contributed by atoms with E-state index < -0.39 is 5.92 Å². The molecule has 0 aromatic heterocycles. The van der Waals surface area contributed by atoms with Gasteiger partial charge in [0.2, 0.25) is 0 Å². The molecule has 0 aliphatic rings. The van der Waals surface area contributed by atoms with E-state index in [-0.39, 0.29) is 11.9 Å². The summed E-state index contributed by atoms with van der Waals surface area (Å²) in [4.78, 5) is 11.0. The first-order chi connectivity index (χ1) is 5.65. The minimum Gasteiger partial charge on any atom is -0.481 e. The SMILES string of the molecule is CC[C@@H](/C=C(/O)OC)C(=O)OC. The van der Waals surface area contributed by atoms with Gasteiger partial charge in [0.1, 0.15) is 0 Å². The summed E-state index contributed by atoms with van der Waals surface area (Å²) in [7, 11) is 2.64. The molecule has 1 N–H and O–H groups in total. The number of esters is 1. The molecule has 0 amide bonds. The molecule has 0 fully saturated rings. The van der Waals surface area contributed by atoms with Crippen molar-refractivity contribution in [2.75, 3.05) is 14.2 Å². The number of hydrogen-bond donors (Lipinski definition) is 1. The van der Waals surface area contributed by atoms with Gasteiger partial charge in [-0.05, 0) is 6.42 Å². The Kier molecular flexibility index (Phi) is 4.92. The molecular weight excluding hydrogens is 160 g/mol. The van der Waals surface area contributed by atoms with Gasteiger partial charge in [0.05, 0.1) is 20.1 Å². The van der Waals surface area contributed by atoms with Crippen molar-refractivity contribution in [2.45, 2.75) is 13.3 Å². The van der Waals surface area contributed by atoms with Gasteiger partial charge in [-0.1, -0.05) is 6.92 Å². The van der Waals surface area contributed by atoms with Gasteiger partial charge in [0, 0.05) is 6.08 Å². The molecule has 0 saturated carbocycles. The number of ether oxygens (including phenoxy) is 2. The highest BCUT2D eigenvalue weighted by molar-refractivity contribution is 5.74. The second kappa shape index (κ2) is 5.46. The van der Waals surface area contributed by atoms with E-state index in [0.29, 0.717) is 6.42 Å². The molecular formula is C8H14O4. The van der Waals surface area contributed by atoms with Crippen LogP contribution in [-0.2, 0) is 14.3 Å². The largest absolute Gasteiger partial charge is 0.481 e. The number of rotatable bonds is 4. The standard InChI is InChI=1S/C8H14O4/c1-4-6(8(10)12-3)5-7(9)11-2/h5-6,9H,4H2,1-3H3/b7-5-/t6-/m0/s1. The summed E-state index contributed by atoms with van der Waals surface area (Å²) in [6, 6.07) is 0. The van der Waals surface area contributed by atoms with Crippen LogP contribution >= 0.6 is 0 Å². The summed E-state index contributed by atoms with van der Waals surface area (Å²) in [5.41, 5.74) is 0. The number of aliphatic hydroxyl groups excluding tert-OH is 1. The van der Waals surface area contributed by atoms with Gasteiger partial charge in [-0.15, -0.1) is 0 Å². The fraction of sp³-hybridized carbons (Fsp3) is 0.625. The number of aliphatic hydroxyl groups is 1. The zero-order valence-corrected chi connectivity index (χ0v) is 7.53. The normalized spacial score (nSPS) is 13.8. The highest BCUT2D eigenvalue weighted by atomic mass is 16.6. The van der Waals surface area contributed by atoms with Crippen molar-refractivity contribution in [3.8, 4) is 0 Å². The van der Waals surface area contributed by atoms with E-state index in [2.05, 4.69) is 9.47 Å².